The second kappa shape index (κ2) is 24.6. The molecule has 0 atom stereocenters. The number of hydrogen-bond donors (Lipinski definition) is 0. The highest BCUT2D eigenvalue weighted by atomic mass is 15.0. The monoisotopic (exact) mass is 1250 g/mol. The zero-order valence-corrected chi connectivity index (χ0v) is 53.1. The largest absolute Gasteiger partial charge is 0.309 e. The summed E-state index contributed by atoms with van der Waals surface area (Å²) in [6.45, 7) is 0. The molecule has 4 aromatic heterocycles. The fourth-order valence-electron chi connectivity index (χ4n) is 13.8. The van der Waals surface area contributed by atoms with Gasteiger partial charge in [-0.25, -0.2) is 29.9 Å². The van der Waals surface area contributed by atoms with E-state index in [4.69, 9.17) is 29.9 Å². The zero-order valence-electron chi connectivity index (χ0n) is 53.1. The average Bonchev–Trinajstić information content (AvgIpc) is 1.59. The fraction of sp³-hybridized carbons (Fsp3) is 0. The van der Waals surface area contributed by atoms with Crippen LogP contribution >= 0.6 is 0 Å². The lowest BCUT2D eigenvalue weighted by Crippen LogP contribution is -2.01. The first kappa shape index (κ1) is 57.4. The maximum absolute atomic E-state index is 5.34. The van der Waals surface area contributed by atoms with Crippen molar-refractivity contribution in [3.63, 3.8) is 0 Å². The maximum Gasteiger partial charge on any atom is 0.164 e. The van der Waals surface area contributed by atoms with E-state index >= 15 is 0 Å². The van der Waals surface area contributed by atoms with Gasteiger partial charge in [-0.1, -0.05) is 279 Å². The Kier molecular flexibility index (Phi) is 14.4. The molecule has 0 radical (unpaired) electrons. The van der Waals surface area contributed by atoms with E-state index in [0.717, 1.165) is 111 Å². The molecule has 8 nitrogen and oxygen atoms in total. The van der Waals surface area contributed by atoms with Gasteiger partial charge >= 0.3 is 0 Å². The number of hydrogen-bond acceptors (Lipinski definition) is 6. The lowest BCUT2D eigenvalue weighted by Gasteiger charge is -2.15. The Morgan fingerprint density at radius 1 is 0.153 bits per heavy atom. The van der Waals surface area contributed by atoms with Gasteiger partial charge in [-0.05, 0) is 128 Å². The van der Waals surface area contributed by atoms with E-state index in [1.165, 1.54) is 32.6 Å². The summed E-state index contributed by atoms with van der Waals surface area (Å²) in [6, 6.07) is 124. The quantitative estimate of drug-likeness (QED) is 0.114. The van der Waals surface area contributed by atoms with Crippen molar-refractivity contribution in [3.8, 4) is 135 Å². The van der Waals surface area contributed by atoms with Crippen LogP contribution in [-0.2, 0) is 0 Å². The van der Waals surface area contributed by atoms with Crippen LogP contribution in [0.3, 0.4) is 0 Å². The fourth-order valence-corrected chi connectivity index (χ4v) is 13.8. The Morgan fingerprint density at radius 3 is 0.939 bits per heavy atom. The third kappa shape index (κ3) is 10.6. The standard InChI is InChI=1S/C90H58N8/c1-6-22-63(23-7-1)85-91-86(64-24-8-2-9-25-64)94-89(93-85)72-32-20-30-67(54-72)59-40-42-60(43-41-59)69-50-53-84-79(57-69)77-37-17-19-39-82(77)98(84)74-35-21-31-68(55-74)71-48-51-75(80(58-71)90-95-87(65-26-10-3-11-27-65)92-88(96-90)66-28-12-4-13-29-66)62-46-44-61(45-47-62)70-49-52-83-78(56-70)76-36-16-18-38-81(76)97(83)73-33-14-5-15-34-73/h1-58H. The van der Waals surface area contributed by atoms with E-state index in [0.29, 0.717) is 34.9 Å². The smallest absolute Gasteiger partial charge is 0.164 e. The van der Waals surface area contributed by atoms with E-state index in [1.807, 2.05) is 97.1 Å². The van der Waals surface area contributed by atoms with Gasteiger partial charge in [0, 0.05) is 66.3 Å². The summed E-state index contributed by atoms with van der Waals surface area (Å²) < 4.78 is 4.75. The first-order valence-corrected chi connectivity index (χ1v) is 33.0. The second-order valence-electron chi connectivity index (χ2n) is 24.6. The molecule has 0 bridgehead atoms. The molecule has 0 aliphatic carbocycles. The van der Waals surface area contributed by atoms with Gasteiger partial charge in [0.05, 0.1) is 22.1 Å². The number of fused-ring (bicyclic) bond motifs is 6. The Bertz CT molecular complexity index is 5900. The van der Waals surface area contributed by atoms with Crippen LogP contribution < -0.4 is 0 Å². The van der Waals surface area contributed by atoms with Crippen molar-refractivity contribution in [2.24, 2.45) is 0 Å². The predicted molar refractivity (Wildman–Crippen MR) is 402 cm³/mol. The molecule has 0 fully saturated rings. The summed E-state index contributed by atoms with van der Waals surface area (Å²) >= 11 is 0. The molecule has 14 aromatic carbocycles. The molecular weight excluding hydrogens is 1190 g/mol. The van der Waals surface area contributed by atoms with Gasteiger partial charge in [-0.15, -0.1) is 0 Å². The third-order valence-corrected chi connectivity index (χ3v) is 18.7. The van der Waals surface area contributed by atoms with E-state index in [2.05, 4.69) is 264 Å². The minimum absolute atomic E-state index is 0.587. The first-order valence-electron chi connectivity index (χ1n) is 33.0. The maximum atomic E-state index is 5.34. The molecule has 0 aliphatic rings. The van der Waals surface area contributed by atoms with Crippen LogP contribution in [-0.4, -0.2) is 39.0 Å². The van der Waals surface area contributed by atoms with Crippen LogP contribution in [0.4, 0.5) is 0 Å². The van der Waals surface area contributed by atoms with Crippen LogP contribution in [0, 0.1) is 0 Å². The molecular formula is C90H58N8. The number of para-hydroxylation sites is 3. The van der Waals surface area contributed by atoms with Gasteiger partial charge in [-0.3, -0.25) is 0 Å². The van der Waals surface area contributed by atoms with Gasteiger partial charge in [0.2, 0.25) is 0 Å². The van der Waals surface area contributed by atoms with E-state index < -0.39 is 0 Å². The third-order valence-electron chi connectivity index (χ3n) is 18.7. The Labute approximate surface area is 566 Å². The molecule has 0 N–H and O–H groups in total. The Hall–Kier alpha value is -13.3. The van der Waals surface area contributed by atoms with Crippen molar-refractivity contribution in [3.05, 3.63) is 352 Å². The molecule has 0 saturated carbocycles. The normalized spacial score (nSPS) is 11.5. The highest BCUT2D eigenvalue weighted by Crippen LogP contribution is 2.42. The lowest BCUT2D eigenvalue weighted by molar-refractivity contribution is 1.07. The van der Waals surface area contributed by atoms with Crippen LogP contribution in [0.2, 0.25) is 0 Å². The van der Waals surface area contributed by atoms with Gasteiger partial charge in [0.25, 0.3) is 0 Å². The number of benzene rings is 14. The van der Waals surface area contributed by atoms with Crippen LogP contribution in [0.1, 0.15) is 0 Å². The molecule has 4 heterocycles. The minimum atomic E-state index is 0.587. The summed E-state index contributed by atoms with van der Waals surface area (Å²) in [5, 5.41) is 4.79. The minimum Gasteiger partial charge on any atom is -0.309 e. The van der Waals surface area contributed by atoms with E-state index in [-0.39, 0.29) is 0 Å². The molecule has 0 unspecified atom stereocenters. The summed E-state index contributed by atoms with van der Waals surface area (Å²) in [5.74, 6) is 3.69. The van der Waals surface area contributed by atoms with Crippen LogP contribution in [0.15, 0.2) is 352 Å². The Balaban J connectivity index is 0.697. The molecule has 0 saturated heterocycles. The Morgan fingerprint density at radius 2 is 0.459 bits per heavy atom. The molecule has 458 valence electrons. The highest BCUT2D eigenvalue weighted by molar-refractivity contribution is 6.12. The topological polar surface area (TPSA) is 87.2 Å². The molecule has 0 spiro atoms. The van der Waals surface area contributed by atoms with Crippen molar-refractivity contribution in [1.29, 1.82) is 0 Å². The molecule has 8 heteroatoms. The number of rotatable bonds is 13. The van der Waals surface area contributed by atoms with Gasteiger partial charge < -0.3 is 9.13 Å². The number of nitrogens with zero attached hydrogens (tertiary/aromatic N) is 8. The SMILES string of the molecule is c1ccc(-c2nc(-c3ccccc3)nc(-c3cccc(-c4ccc(-c5ccc6c(c5)c5ccccc5n6-c5cccc(-c6ccc(-c7ccc(-c8ccc9c(c8)c8ccccc8n9-c8ccccc8)cc7)c(-c7nc(-c8ccccc8)nc(-c8ccccc8)n7)c6)c5)cc4)c3)n2)cc1. The zero-order chi connectivity index (χ0) is 64.9. The summed E-state index contributed by atoms with van der Waals surface area (Å²) in [4.78, 5) is 30.7. The average molecular weight is 1250 g/mol. The summed E-state index contributed by atoms with van der Waals surface area (Å²) in [5.41, 5.74) is 23.2. The van der Waals surface area contributed by atoms with Crippen LogP contribution in [0.5, 0.6) is 0 Å². The van der Waals surface area contributed by atoms with Gasteiger partial charge in [0.15, 0.2) is 34.9 Å². The molecule has 0 aliphatic heterocycles. The lowest BCUT2D eigenvalue weighted by atomic mass is 9.93. The molecule has 0 amide bonds. The summed E-state index contributed by atoms with van der Waals surface area (Å²) in [7, 11) is 0. The van der Waals surface area contributed by atoms with Gasteiger partial charge in [0.1, 0.15) is 0 Å². The summed E-state index contributed by atoms with van der Waals surface area (Å²) in [6.07, 6.45) is 0. The van der Waals surface area contributed by atoms with Crippen molar-refractivity contribution in [2.75, 3.05) is 0 Å². The van der Waals surface area contributed by atoms with Crippen molar-refractivity contribution < 1.29 is 0 Å². The van der Waals surface area contributed by atoms with Crippen molar-refractivity contribution in [1.82, 2.24) is 39.0 Å². The van der Waals surface area contributed by atoms with Crippen molar-refractivity contribution in [2.45, 2.75) is 0 Å². The van der Waals surface area contributed by atoms with Gasteiger partial charge in [-0.2, -0.15) is 0 Å². The van der Waals surface area contributed by atoms with E-state index in [9.17, 15) is 0 Å². The van der Waals surface area contributed by atoms with Crippen molar-refractivity contribution >= 4 is 43.6 Å². The second-order valence-corrected chi connectivity index (χ2v) is 24.6. The van der Waals surface area contributed by atoms with Crippen LogP contribution in [0.25, 0.3) is 179 Å². The predicted octanol–water partition coefficient (Wildman–Crippen LogP) is 22.6. The van der Waals surface area contributed by atoms with E-state index in [1.54, 1.807) is 0 Å². The number of aromatic nitrogens is 8. The molecule has 98 heavy (non-hydrogen) atoms. The molecule has 18 rings (SSSR count). The molecule has 18 aromatic rings. The first-order chi connectivity index (χ1) is 48.5. The highest BCUT2D eigenvalue weighted by Gasteiger charge is 2.21.